The van der Waals surface area contributed by atoms with E-state index in [0.29, 0.717) is 0 Å². The van der Waals surface area contributed by atoms with Gasteiger partial charge in [-0.2, -0.15) is 0 Å². The molecule has 5 nitrogen and oxygen atoms in total. The molecule has 17 heavy (non-hydrogen) atoms. The fourth-order valence-electron chi connectivity index (χ4n) is 2.56. The Kier molecular flexibility index (Phi) is 3.37. The summed E-state index contributed by atoms with van der Waals surface area (Å²) in [5.41, 5.74) is 4.67. The molecule has 0 bridgehead atoms. The van der Waals surface area contributed by atoms with Crippen LogP contribution in [-0.4, -0.2) is 28.5 Å². The number of benzene rings is 1. The van der Waals surface area contributed by atoms with Gasteiger partial charge in [0.1, 0.15) is 13.1 Å². The molecule has 0 N–H and O–H groups in total. The highest BCUT2D eigenvalue weighted by molar-refractivity contribution is 5.99. The highest BCUT2D eigenvalue weighted by Gasteiger charge is 2.28. The van der Waals surface area contributed by atoms with Gasteiger partial charge in [0.2, 0.25) is 0 Å². The number of hydrogen-bond acceptors (Lipinski definition) is 3. The molecule has 90 valence electrons. The average molecular weight is 234 g/mol. The van der Waals surface area contributed by atoms with Gasteiger partial charge in [0.15, 0.2) is 5.71 Å². The van der Waals surface area contributed by atoms with Gasteiger partial charge in [0.25, 0.3) is 0 Å². The van der Waals surface area contributed by atoms with Crippen molar-refractivity contribution >= 4 is 5.71 Å². The summed E-state index contributed by atoms with van der Waals surface area (Å²) in [6.07, 6.45) is 3.88. The molecule has 0 unspecified atom stereocenters. The van der Waals surface area contributed by atoms with Crippen LogP contribution in [0.4, 0.5) is 0 Å². The Morgan fingerprint density at radius 1 is 1.12 bits per heavy atom. The molecular weight excluding hydrogens is 220 g/mol. The summed E-state index contributed by atoms with van der Waals surface area (Å²) in [5.74, 6) is 0. The monoisotopic (exact) mass is 234 g/mol. The summed E-state index contributed by atoms with van der Waals surface area (Å²) in [4.78, 5) is 8.25. The Hall–Kier alpha value is -1.91. The second-order valence-corrected chi connectivity index (χ2v) is 4.17. The Morgan fingerprint density at radius 3 is 2.59 bits per heavy atom. The first kappa shape index (κ1) is 11.6. The van der Waals surface area contributed by atoms with Gasteiger partial charge in [-0.1, -0.05) is 18.2 Å². The minimum Gasteiger partial charge on any atom is -0.356 e. The van der Waals surface area contributed by atoms with E-state index in [0.717, 1.165) is 0 Å². The largest absolute Gasteiger partial charge is 0.356 e. The van der Waals surface area contributed by atoms with Gasteiger partial charge in [0.05, 0.1) is 5.09 Å². The van der Waals surface area contributed by atoms with Crippen molar-refractivity contribution in [2.75, 3.05) is 13.1 Å². The third kappa shape index (κ3) is 2.61. The van der Waals surface area contributed by atoms with Gasteiger partial charge < -0.3 is 15.3 Å². The predicted molar refractivity (Wildman–Crippen MR) is 63.8 cm³/mol. The molecule has 0 saturated carbocycles. The van der Waals surface area contributed by atoms with Crippen LogP contribution >= 0.6 is 0 Å². The zero-order valence-corrected chi connectivity index (χ0v) is 9.46. The summed E-state index contributed by atoms with van der Waals surface area (Å²) >= 11 is 0. The molecule has 1 aromatic carbocycles. The second kappa shape index (κ2) is 4.95. The van der Waals surface area contributed by atoms with Crippen LogP contribution in [0.1, 0.15) is 24.0 Å². The molecule has 0 fully saturated rings. The molecule has 0 aromatic heterocycles. The minimum atomic E-state index is -1.75. The lowest BCUT2D eigenvalue weighted by atomic mass is 9.97. The fraction of sp³-hybridized carbons (Fsp3) is 0.417. The number of fused-ring (bicyclic) bond motifs is 2. The van der Waals surface area contributed by atoms with Crippen molar-refractivity contribution in [3.63, 3.8) is 0 Å². The van der Waals surface area contributed by atoms with Crippen LogP contribution in [0.2, 0.25) is 0 Å². The van der Waals surface area contributed by atoms with Crippen LogP contribution in [0.3, 0.4) is 0 Å². The van der Waals surface area contributed by atoms with E-state index >= 15 is 0 Å². The van der Waals surface area contributed by atoms with Crippen molar-refractivity contribution in [3.8, 4) is 0 Å². The van der Waals surface area contributed by atoms with E-state index < -0.39 is 5.09 Å². The van der Waals surface area contributed by atoms with Gasteiger partial charge >= 0.3 is 0 Å². The van der Waals surface area contributed by atoms with E-state index in [1.807, 2.05) is 0 Å². The Bertz CT molecular complexity index is 465. The van der Waals surface area contributed by atoms with Crippen molar-refractivity contribution in [1.82, 2.24) is 0 Å². The third-order valence-corrected chi connectivity index (χ3v) is 3.20. The smallest absolute Gasteiger partial charge is 0.183 e. The Labute approximate surface area is 99.1 Å². The average Bonchev–Trinajstić information content (AvgIpc) is 2.76. The van der Waals surface area contributed by atoms with Crippen molar-refractivity contribution in [3.05, 3.63) is 50.7 Å². The molecule has 0 radical (unpaired) electrons. The molecule has 3 rings (SSSR count). The standard InChI is InChI=1S/C12H14N.NO3/c1-2-5-11-10(4-1)7-9-13-8-3-6-12(11)13;2-1(3)4/h1-2,4-5H,3,6-9H2;/q+1;-1. The molecule has 0 saturated heterocycles. The molecular formula is C12H14N2O3. The topological polar surface area (TPSA) is 69.2 Å². The van der Waals surface area contributed by atoms with Crippen LogP contribution in [0.15, 0.2) is 24.3 Å². The minimum absolute atomic E-state index is 1.24. The molecule has 5 heteroatoms. The van der Waals surface area contributed by atoms with E-state index in [-0.39, 0.29) is 0 Å². The van der Waals surface area contributed by atoms with E-state index in [9.17, 15) is 0 Å². The molecule has 0 spiro atoms. The van der Waals surface area contributed by atoms with Crippen molar-refractivity contribution < 1.29 is 9.66 Å². The van der Waals surface area contributed by atoms with Gasteiger partial charge in [-0.3, -0.25) is 0 Å². The Morgan fingerprint density at radius 2 is 1.82 bits per heavy atom. The zero-order valence-electron chi connectivity index (χ0n) is 9.46. The molecule has 1 aromatic rings. The van der Waals surface area contributed by atoms with Crippen LogP contribution in [0, 0.1) is 15.3 Å². The van der Waals surface area contributed by atoms with E-state index in [1.165, 1.54) is 37.9 Å². The maximum Gasteiger partial charge on any atom is 0.183 e. The number of rotatable bonds is 0. The van der Waals surface area contributed by atoms with Crippen LogP contribution in [0.5, 0.6) is 0 Å². The van der Waals surface area contributed by atoms with Crippen molar-refractivity contribution in [2.45, 2.75) is 19.3 Å². The maximum absolute atomic E-state index is 8.25. The van der Waals surface area contributed by atoms with Crippen molar-refractivity contribution in [1.29, 1.82) is 0 Å². The van der Waals surface area contributed by atoms with Crippen LogP contribution in [-0.2, 0) is 6.42 Å². The maximum atomic E-state index is 8.25. The van der Waals surface area contributed by atoms with Crippen LogP contribution < -0.4 is 0 Å². The predicted octanol–water partition coefficient (Wildman–Crippen LogP) is 1.60. The van der Waals surface area contributed by atoms with Gasteiger partial charge in [-0.05, 0) is 11.6 Å². The lowest BCUT2D eigenvalue weighted by Gasteiger charge is -2.13. The molecule has 2 aliphatic rings. The molecule has 2 heterocycles. The molecule has 0 atom stereocenters. The summed E-state index contributed by atoms with van der Waals surface area (Å²) in [5, 5.41) is 14.8. The Balaban J connectivity index is 0.000000239. The lowest BCUT2D eigenvalue weighted by molar-refractivity contribution is -0.520. The zero-order chi connectivity index (χ0) is 12.3. The number of hydrogen-bond donors (Lipinski definition) is 0. The van der Waals surface area contributed by atoms with E-state index in [2.05, 4.69) is 28.8 Å². The van der Waals surface area contributed by atoms with Gasteiger partial charge in [0, 0.05) is 24.8 Å². The highest BCUT2D eigenvalue weighted by atomic mass is 16.9. The van der Waals surface area contributed by atoms with E-state index in [1.54, 1.807) is 11.3 Å². The third-order valence-electron chi connectivity index (χ3n) is 3.20. The van der Waals surface area contributed by atoms with Gasteiger partial charge in [-0.25, -0.2) is 4.58 Å². The quantitative estimate of drug-likeness (QED) is 0.389. The first-order valence-corrected chi connectivity index (χ1v) is 5.69. The summed E-state index contributed by atoms with van der Waals surface area (Å²) in [6, 6.07) is 8.87. The molecule has 0 amide bonds. The SMILES string of the molecule is O=[N+]([O-])[O-].c1ccc2c(c1)CC[N+]1=C2CCC1. The molecule has 0 aliphatic carbocycles. The lowest BCUT2D eigenvalue weighted by Crippen LogP contribution is -2.25. The molecule has 2 aliphatic heterocycles. The van der Waals surface area contributed by atoms with E-state index in [4.69, 9.17) is 15.3 Å². The number of nitrogens with zero attached hydrogens (tertiary/aromatic N) is 2. The summed E-state index contributed by atoms with van der Waals surface area (Å²) < 4.78 is 2.56. The van der Waals surface area contributed by atoms with Crippen molar-refractivity contribution in [2.24, 2.45) is 0 Å². The first-order valence-electron chi connectivity index (χ1n) is 5.69. The summed E-state index contributed by atoms with van der Waals surface area (Å²) in [7, 11) is 0. The van der Waals surface area contributed by atoms with Gasteiger partial charge in [-0.15, -0.1) is 0 Å². The fourth-order valence-corrected chi connectivity index (χ4v) is 2.56. The normalized spacial score (nSPS) is 16.7. The van der Waals surface area contributed by atoms with Crippen LogP contribution in [0.25, 0.3) is 0 Å². The summed E-state index contributed by atoms with van der Waals surface area (Å²) in [6.45, 7) is 2.52. The second-order valence-electron chi connectivity index (χ2n) is 4.17. The first-order chi connectivity index (χ1) is 8.18. The highest BCUT2D eigenvalue weighted by Crippen LogP contribution is 2.21.